The fourth-order valence-electron chi connectivity index (χ4n) is 2.64. The largest absolute Gasteiger partial charge is 0.416 e. The molecule has 1 heterocycles. The second kappa shape index (κ2) is 5.38. The standard InChI is InChI=1S/C17H14F3NO2/c18-17(19,20)14-8-6-13(7-9-14)16(23)10-21(11-16)15(22)12-4-2-1-3-5-12/h1-9,23H,10-11H2. The van der Waals surface area contributed by atoms with Gasteiger partial charge in [0.1, 0.15) is 5.60 Å². The van der Waals surface area contributed by atoms with Crippen LogP contribution in [0, 0.1) is 0 Å². The van der Waals surface area contributed by atoms with Crippen LogP contribution in [0.15, 0.2) is 54.6 Å². The van der Waals surface area contributed by atoms with Gasteiger partial charge in [-0.05, 0) is 29.8 Å². The number of nitrogens with zero attached hydrogens (tertiary/aromatic N) is 1. The number of β-amino-alcohol motifs (C(OH)–C–C–N with tert-alkyl or cyclic N) is 1. The van der Waals surface area contributed by atoms with Crippen molar-refractivity contribution in [2.45, 2.75) is 11.8 Å². The Labute approximate surface area is 131 Å². The van der Waals surface area contributed by atoms with Gasteiger partial charge in [-0.15, -0.1) is 0 Å². The second-order valence-corrected chi connectivity index (χ2v) is 5.63. The Balaban J connectivity index is 1.70. The van der Waals surface area contributed by atoms with Gasteiger partial charge >= 0.3 is 6.18 Å². The number of benzene rings is 2. The number of hydrogen-bond donors (Lipinski definition) is 1. The number of likely N-dealkylation sites (tertiary alicyclic amines) is 1. The van der Waals surface area contributed by atoms with Crippen LogP contribution >= 0.6 is 0 Å². The third-order valence-corrected chi connectivity index (χ3v) is 3.96. The highest BCUT2D eigenvalue weighted by Crippen LogP contribution is 2.35. The van der Waals surface area contributed by atoms with Crippen LogP contribution in [-0.4, -0.2) is 29.0 Å². The lowest BCUT2D eigenvalue weighted by Gasteiger charge is -2.46. The van der Waals surface area contributed by atoms with Crippen LogP contribution in [0.5, 0.6) is 0 Å². The summed E-state index contributed by atoms with van der Waals surface area (Å²) in [4.78, 5) is 13.7. The lowest BCUT2D eigenvalue weighted by Crippen LogP contribution is -2.61. The molecule has 0 saturated carbocycles. The van der Waals surface area contributed by atoms with Crippen molar-refractivity contribution >= 4 is 5.91 Å². The number of alkyl halides is 3. The number of amides is 1. The van der Waals surface area contributed by atoms with E-state index in [2.05, 4.69) is 0 Å². The smallest absolute Gasteiger partial charge is 0.381 e. The average Bonchev–Trinajstić information content (AvgIpc) is 2.51. The number of carbonyl (C=O) groups excluding carboxylic acids is 1. The van der Waals surface area contributed by atoms with Crippen molar-refractivity contribution in [1.82, 2.24) is 4.90 Å². The molecule has 0 spiro atoms. The van der Waals surface area contributed by atoms with E-state index in [1.54, 1.807) is 30.3 Å². The van der Waals surface area contributed by atoms with E-state index in [-0.39, 0.29) is 19.0 Å². The fraction of sp³-hybridized carbons (Fsp3) is 0.235. The molecule has 6 heteroatoms. The van der Waals surface area contributed by atoms with Gasteiger partial charge in [-0.2, -0.15) is 13.2 Å². The molecule has 23 heavy (non-hydrogen) atoms. The molecule has 1 amide bonds. The summed E-state index contributed by atoms with van der Waals surface area (Å²) in [6.07, 6.45) is -4.41. The molecule has 3 rings (SSSR count). The molecule has 0 aromatic heterocycles. The zero-order valence-corrected chi connectivity index (χ0v) is 12.0. The molecule has 0 radical (unpaired) electrons. The fourth-order valence-corrected chi connectivity index (χ4v) is 2.64. The lowest BCUT2D eigenvalue weighted by atomic mass is 9.85. The SMILES string of the molecule is O=C(c1ccccc1)N1CC(O)(c2ccc(C(F)(F)F)cc2)C1. The summed E-state index contributed by atoms with van der Waals surface area (Å²) in [5.41, 5.74) is -1.17. The van der Waals surface area contributed by atoms with Gasteiger partial charge in [-0.1, -0.05) is 30.3 Å². The van der Waals surface area contributed by atoms with Crippen LogP contribution in [0.4, 0.5) is 13.2 Å². The van der Waals surface area contributed by atoms with Gasteiger partial charge in [0.15, 0.2) is 0 Å². The van der Waals surface area contributed by atoms with Crippen molar-refractivity contribution in [2.75, 3.05) is 13.1 Å². The second-order valence-electron chi connectivity index (χ2n) is 5.63. The molecule has 0 bridgehead atoms. The van der Waals surface area contributed by atoms with E-state index >= 15 is 0 Å². The van der Waals surface area contributed by atoms with E-state index in [0.29, 0.717) is 11.1 Å². The molecule has 1 fully saturated rings. The molecular formula is C17H14F3NO2. The predicted molar refractivity (Wildman–Crippen MR) is 77.7 cm³/mol. The summed E-state index contributed by atoms with van der Waals surface area (Å²) in [7, 11) is 0. The van der Waals surface area contributed by atoms with Crippen molar-refractivity contribution < 1.29 is 23.1 Å². The summed E-state index contributed by atoms with van der Waals surface area (Å²) in [5.74, 6) is -0.206. The highest BCUT2D eigenvalue weighted by Gasteiger charge is 2.45. The molecule has 0 atom stereocenters. The summed E-state index contributed by atoms with van der Waals surface area (Å²) in [6.45, 7) is 0.123. The van der Waals surface area contributed by atoms with E-state index in [9.17, 15) is 23.1 Å². The van der Waals surface area contributed by atoms with Crippen molar-refractivity contribution in [3.8, 4) is 0 Å². The quantitative estimate of drug-likeness (QED) is 0.923. The first-order valence-corrected chi connectivity index (χ1v) is 7.04. The van der Waals surface area contributed by atoms with E-state index in [0.717, 1.165) is 12.1 Å². The molecule has 3 nitrogen and oxygen atoms in total. The van der Waals surface area contributed by atoms with Crippen LogP contribution in [0.25, 0.3) is 0 Å². The lowest BCUT2D eigenvalue weighted by molar-refractivity contribution is -0.137. The predicted octanol–water partition coefficient (Wildman–Crippen LogP) is 3.05. The Bertz CT molecular complexity index is 705. The number of halogens is 3. The third-order valence-electron chi connectivity index (χ3n) is 3.96. The van der Waals surface area contributed by atoms with Crippen molar-refractivity contribution in [3.63, 3.8) is 0 Å². The highest BCUT2D eigenvalue weighted by atomic mass is 19.4. The molecule has 1 aliphatic heterocycles. The van der Waals surface area contributed by atoms with Crippen molar-refractivity contribution in [1.29, 1.82) is 0 Å². The molecule has 1 aliphatic rings. The van der Waals surface area contributed by atoms with Gasteiger partial charge in [0, 0.05) is 5.56 Å². The van der Waals surface area contributed by atoms with Crippen molar-refractivity contribution in [2.24, 2.45) is 0 Å². The molecule has 2 aromatic carbocycles. The van der Waals surface area contributed by atoms with E-state index in [1.807, 2.05) is 0 Å². The Morgan fingerprint density at radius 1 is 1.00 bits per heavy atom. The molecule has 120 valence electrons. The first kappa shape index (κ1) is 15.6. The Kier molecular flexibility index (Phi) is 3.64. The molecule has 0 unspecified atom stereocenters. The first-order chi connectivity index (χ1) is 10.8. The summed E-state index contributed by atoms with van der Waals surface area (Å²) < 4.78 is 37.7. The van der Waals surface area contributed by atoms with E-state index in [4.69, 9.17) is 0 Å². The van der Waals surface area contributed by atoms with Gasteiger partial charge in [-0.25, -0.2) is 0 Å². The number of rotatable bonds is 2. The first-order valence-electron chi connectivity index (χ1n) is 7.04. The van der Waals surface area contributed by atoms with Crippen LogP contribution in [0.2, 0.25) is 0 Å². The number of aliphatic hydroxyl groups is 1. The maximum Gasteiger partial charge on any atom is 0.416 e. The monoisotopic (exact) mass is 321 g/mol. The van der Waals surface area contributed by atoms with Crippen molar-refractivity contribution in [3.05, 3.63) is 71.3 Å². The summed E-state index contributed by atoms with van der Waals surface area (Å²) >= 11 is 0. The average molecular weight is 321 g/mol. The summed E-state index contributed by atoms with van der Waals surface area (Å²) in [5, 5.41) is 10.5. The van der Waals surface area contributed by atoms with Gasteiger partial charge in [-0.3, -0.25) is 4.79 Å². The van der Waals surface area contributed by atoms with Crippen LogP contribution in [-0.2, 0) is 11.8 Å². The Morgan fingerprint density at radius 3 is 2.09 bits per heavy atom. The minimum atomic E-state index is -4.41. The molecule has 0 aliphatic carbocycles. The number of hydrogen-bond acceptors (Lipinski definition) is 2. The molecule has 1 N–H and O–H groups in total. The topological polar surface area (TPSA) is 40.5 Å². The Hall–Kier alpha value is -2.34. The van der Waals surface area contributed by atoms with E-state index < -0.39 is 17.3 Å². The van der Waals surface area contributed by atoms with Gasteiger partial charge < -0.3 is 10.0 Å². The zero-order valence-electron chi connectivity index (χ0n) is 12.0. The Morgan fingerprint density at radius 2 is 1.57 bits per heavy atom. The summed E-state index contributed by atoms with van der Waals surface area (Å²) in [6, 6.07) is 13.0. The minimum absolute atomic E-state index is 0.0616. The molecular weight excluding hydrogens is 307 g/mol. The van der Waals surface area contributed by atoms with Gasteiger partial charge in [0.2, 0.25) is 0 Å². The zero-order chi connectivity index (χ0) is 16.7. The maximum absolute atomic E-state index is 12.6. The molecule has 2 aromatic rings. The highest BCUT2D eigenvalue weighted by molar-refractivity contribution is 5.94. The maximum atomic E-state index is 12.6. The molecule has 1 saturated heterocycles. The normalized spacial score (nSPS) is 16.8. The van der Waals surface area contributed by atoms with E-state index in [1.165, 1.54) is 17.0 Å². The van der Waals surface area contributed by atoms with Gasteiger partial charge in [0.25, 0.3) is 5.91 Å². The number of carbonyl (C=O) groups is 1. The third kappa shape index (κ3) is 2.94. The van der Waals surface area contributed by atoms with Crippen LogP contribution < -0.4 is 0 Å². The van der Waals surface area contributed by atoms with Crippen LogP contribution in [0.1, 0.15) is 21.5 Å². The van der Waals surface area contributed by atoms with Crippen LogP contribution in [0.3, 0.4) is 0 Å². The van der Waals surface area contributed by atoms with Gasteiger partial charge in [0.05, 0.1) is 18.7 Å². The minimum Gasteiger partial charge on any atom is -0.381 e.